The number of halogens is 1. The average Bonchev–Trinajstić information content (AvgIpc) is 2.72. The van der Waals surface area contributed by atoms with Gasteiger partial charge >= 0.3 is 0 Å². The van der Waals surface area contributed by atoms with Crippen LogP contribution in [0.3, 0.4) is 0 Å². The van der Waals surface area contributed by atoms with Crippen LogP contribution in [0.2, 0.25) is 0 Å². The fourth-order valence-electron chi connectivity index (χ4n) is 3.54. The number of aliphatic imine (C=N–C) groups is 1. The van der Waals surface area contributed by atoms with Crippen molar-refractivity contribution >= 4 is 40.7 Å². The van der Waals surface area contributed by atoms with Crippen LogP contribution in [0.15, 0.2) is 29.3 Å². The highest BCUT2D eigenvalue weighted by Gasteiger charge is 2.26. The second kappa shape index (κ2) is 15.0. The van der Waals surface area contributed by atoms with Gasteiger partial charge in [-0.2, -0.15) is 0 Å². The van der Waals surface area contributed by atoms with E-state index in [1.54, 1.807) is 0 Å². The smallest absolute Gasteiger partial charge is 0.191 e. The molecule has 3 unspecified atom stereocenters. The van der Waals surface area contributed by atoms with Gasteiger partial charge in [-0.3, -0.25) is 4.21 Å². The summed E-state index contributed by atoms with van der Waals surface area (Å²) in [6.07, 6.45) is 4.25. The summed E-state index contributed by atoms with van der Waals surface area (Å²) in [6.45, 7) is 6.99. The zero-order valence-corrected chi connectivity index (χ0v) is 22.0. The monoisotopic (exact) mass is 550 g/mol. The van der Waals surface area contributed by atoms with Gasteiger partial charge < -0.3 is 20.3 Å². The maximum atomic E-state index is 12.2. The molecule has 3 atom stereocenters. The number of likely N-dealkylation sites (N-methyl/N-ethyl adjacent to an activating group) is 1. The summed E-state index contributed by atoms with van der Waals surface area (Å²) >= 11 is 0. The van der Waals surface area contributed by atoms with Crippen molar-refractivity contribution in [1.29, 1.82) is 0 Å². The minimum Gasteiger partial charge on any atom is -0.492 e. The molecule has 1 aromatic rings. The summed E-state index contributed by atoms with van der Waals surface area (Å²) in [5, 5.41) is 7.23. The van der Waals surface area contributed by atoms with E-state index >= 15 is 0 Å². The lowest BCUT2D eigenvalue weighted by Crippen LogP contribution is -2.46. The Morgan fingerprint density at radius 2 is 2.03 bits per heavy atom. The van der Waals surface area contributed by atoms with Crippen molar-refractivity contribution in [2.24, 2.45) is 4.99 Å². The van der Waals surface area contributed by atoms with Crippen molar-refractivity contribution in [3.05, 3.63) is 29.8 Å². The van der Waals surface area contributed by atoms with Gasteiger partial charge in [0.15, 0.2) is 5.96 Å². The van der Waals surface area contributed by atoms with E-state index in [4.69, 9.17) is 9.73 Å². The molecule has 0 aromatic heterocycles. The van der Waals surface area contributed by atoms with Crippen LogP contribution >= 0.6 is 24.0 Å². The molecule has 0 spiro atoms. The Balaban J connectivity index is 0.00000450. The van der Waals surface area contributed by atoms with E-state index in [0.29, 0.717) is 24.4 Å². The van der Waals surface area contributed by atoms with Crippen molar-refractivity contribution in [3.63, 3.8) is 0 Å². The summed E-state index contributed by atoms with van der Waals surface area (Å²) in [5.41, 5.74) is 1.08. The maximum absolute atomic E-state index is 12.2. The molecule has 1 aliphatic rings. The molecule has 30 heavy (non-hydrogen) atoms. The molecule has 6 nitrogen and oxygen atoms in total. The number of hydrogen-bond donors (Lipinski definition) is 2. The predicted octanol–water partition coefficient (Wildman–Crippen LogP) is 3.38. The van der Waals surface area contributed by atoms with Gasteiger partial charge in [-0.1, -0.05) is 31.5 Å². The summed E-state index contributed by atoms with van der Waals surface area (Å²) < 4.78 is 18.2. The Kier molecular flexibility index (Phi) is 13.6. The lowest BCUT2D eigenvalue weighted by atomic mass is 9.95. The zero-order chi connectivity index (χ0) is 21.1. The molecule has 0 radical (unpaired) electrons. The Bertz CT molecular complexity index is 672. The minimum absolute atomic E-state index is 0. The number of rotatable bonds is 10. The lowest BCUT2D eigenvalue weighted by molar-refractivity contribution is 0.259. The summed E-state index contributed by atoms with van der Waals surface area (Å²) in [5.74, 6) is 2.46. The van der Waals surface area contributed by atoms with Gasteiger partial charge in [0.2, 0.25) is 0 Å². The highest BCUT2D eigenvalue weighted by molar-refractivity contribution is 14.0. The maximum Gasteiger partial charge on any atom is 0.191 e. The summed E-state index contributed by atoms with van der Waals surface area (Å²) in [6, 6.07) is 8.42. The van der Waals surface area contributed by atoms with E-state index in [-0.39, 0.29) is 24.0 Å². The normalized spacial score (nSPS) is 20.4. The van der Waals surface area contributed by atoms with E-state index in [2.05, 4.69) is 28.5 Å². The molecule has 8 heteroatoms. The third-order valence-electron chi connectivity index (χ3n) is 5.14. The molecule has 0 aliphatic heterocycles. The molecule has 2 rings (SSSR count). The van der Waals surface area contributed by atoms with Crippen molar-refractivity contribution in [2.75, 3.05) is 39.5 Å². The van der Waals surface area contributed by atoms with Gasteiger partial charge in [-0.25, -0.2) is 4.99 Å². The number of ether oxygens (including phenoxy) is 1. The Morgan fingerprint density at radius 1 is 1.27 bits per heavy atom. The second-order valence-corrected chi connectivity index (χ2v) is 9.76. The first-order valence-corrected chi connectivity index (χ1v) is 12.2. The average molecular weight is 551 g/mol. The zero-order valence-electron chi connectivity index (χ0n) is 18.9. The highest BCUT2D eigenvalue weighted by Crippen LogP contribution is 2.23. The molecule has 1 aliphatic carbocycles. The summed E-state index contributed by atoms with van der Waals surface area (Å²) in [4.78, 5) is 6.91. The fourth-order valence-corrected chi connectivity index (χ4v) is 4.89. The molecule has 0 heterocycles. The second-order valence-electron chi connectivity index (χ2n) is 7.75. The number of para-hydroxylation sites is 1. The van der Waals surface area contributed by atoms with Gasteiger partial charge in [0.05, 0.1) is 6.54 Å². The van der Waals surface area contributed by atoms with Crippen LogP contribution in [-0.4, -0.2) is 65.9 Å². The number of benzene rings is 1. The highest BCUT2D eigenvalue weighted by atomic mass is 127. The fraction of sp³-hybridized carbons (Fsp3) is 0.682. The van der Waals surface area contributed by atoms with Crippen LogP contribution < -0.4 is 15.4 Å². The van der Waals surface area contributed by atoms with Gasteiger partial charge in [-0.05, 0) is 46.3 Å². The summed E-state index contributed by atoms with van der Waals surface area (Å²) in [7, 11) is 3.37. The van der Waals surface area contributed by atoms with Gasteiger partial charge in [0, 0.05) is 46.5 Å². The third kappa shape index (κ3) is 9.51. The number of nitrogens with one attached hydrogen (secondary N) is 2. The molecule has 1 fully saturated rings. The SMILES string of the molecule is CCNC(=NCc1ccccc1OCCN(C)C)NC1CCCC(S(=O)CC)C1.I. The largest absolute Gasteiger partial charge is 0.492 e. The lowest BCUT2D eigenvalue weighted by Gasteiger charge is -2.30. The molecule has 1 aromatic carbocycles. The van der Waals surface area contributed by atoms with Gasteiger partial charge in [0.1, 0.15) is 12.4 Å². The van der Waals surface area contributed by atoms with Crippen LogP contribution in [-0.2, 0) is 17.3 Å². The number of hydrogen-bond acceptors (Lipinski definition) is 4. The minimum atomic E-state index is -0.716. The van der Waals surface area contributed by atoms with Crippen LogP contribution in [0.25, 0.3) is 0 Å². The van der Waals surface area contributed by atoms with Gasteiger partial charge in [0.25, 0.3) is 0 Å². The van der Waals surface area contributed by atoms with Crippen molar-refractivity contribution in [2.45, 2.75) is 57.4 Å². The van der Waals surface area contributed by atoms with Crippen LogP contribution in [0, 0.1) is 0 Å². The van der Waals surface area contributed by atoms with E-state index in [0.717, 1.165) is 61.8 Å². The molecule has 0 bridgehead atoms. The number of guanidine groups is 1. The molecule has 172 valence electrons. The molecular weight excluding hydrogens is 511 g/mol. The van der Waals surface area contributed by atoms with Crippen LogP contribution in [0.4, 0.5) is 0 Å². The van der Waals surface area contributed by atoms with Crippen molar-refractivity contribution in [3.8, 4) is 5.75 Å². The molecule has 1 saturated carbocycles. The van der Waals surface area contributed by atoms with Gasteiger partial charge in [-0.15, -0.1) is 24.0 Å². The van der Waals surface area contributed by atoms with E-state index in [1.165, 1.54) is 0 Å². The standard InChI is InChI=1S/C22H38N4O2S.HI/c1-5-23-22(25-19-11-9-12-20(16-19)29(27)6-2)24-17-18-10-7-8-13-21(18)28-15-14-26(3)4;/h7-8,10,13,19-20H,5-6,9,11-12,14-17H2,1-4H3,(H2,23,24,25);1H. The molecule has 2 N–H and O–H groups in total. The first kappa shape index (κ1) is 27.2. The Hall–Kier alpha value is -0.870. The van der Waals surface area contributed by atoms with Crippen molar-refractivity contribution < 1.29 is 8.95 Å². The first-order valence-electron chi connectivity index (χ1n) is 10.8. The predicted molar refractivity (Wildman–Crippen MR) is 139 cm³/mol. The van der Waals surface area contributed by atoms with E-state index < -0.39 is 10.8 Å². The molecule has 0 amide bonds. The number of nitrogens with zero attached hydrogens (tertiary/aromatic N) is 2. The Morgan fingerprint density at radius 3 is 2.73 bits per heavy atom. The third-order valence-corrected chi connectivity index (χ3v) is 6.88. The quantitative estimate of drug-likeness (QED) is 0.266. The van der Waals surface area contributed by atoms with Crippen molar-refractivity contribution in [1.82, 2.24) is 15.5 Å². The van der Waals surface area contributed by atoms with E-state index in [9.17, 15) is 4.21 Å². The van der Waals surface area contributed by atoms with E-state index in [1.807, 2.05) is 39.2 Å². The molecular formula is C22H39IN4O2S. The van der Waals surface area contributed by atoms with Crippen LogP contribution in [0.1, 0.15) is 45.1 Å². The topological polar surface area (TPSA) is 66.0 Å². The Labute approximate surface area is 202 Å². The van der Waals surface area contributed by atoms with Crippen LogP contribution in [0.5, 0.6) is 5.75 Å². The first-order chi connectivity index (χ1) is 14.0. The molecule has 0 saturated heterocycles.